The predicted octanol–water partition coefficient (Wildman–Crippen LogP) is 3.17. The van der Waals surface area contributed by atoms with Crippen LogP contribution < -0.4 is 10.1 Å². The molecule has 0 saturated carbocycles. The fourth-order valence-electron chi connectivity index (χ4n) is 1.65. The zero-order valence-electron chi connectivity index (χ0n) is 11.1. The first-order valence-electron chi connectivity index (χ1n) is 6.18. The van der Waals surface area contributed by atoms with Crippen LogP contribution in [0.25, 0.3) is 0 Å². The molecule has 2 rings (SSSR count). The van der Waals surface area contributed by atoms with E-state index in [1.165, 1.54) is 16.9 Å². The van der Waals surface area contributed by atoms with Gasteiger partial charge in [-0.05, 0) is 43.0 Å². The molecule has 1 aromatic heterocycles. The van der Waals surface area contributed by atoms with Crippen LogP contribution in [0.3, 0.4) is 0 Å². The number of amides is 1. The van der Waals surface area contributed by atoms with Crippen molar-refractivity contribution in [3.63, 3.8) is 0 Å². The average Bonchev–Trinajstić information content (AvgIpc) is 2.83. The Morgan fingerprint density at radius 3 is 2.58 bits per heavy atom. The van der Waals surface area contributed by atoms with Gasteiger partial charge in [0.25, 0.3) is 5.91 Å². The summed E-state index contributed by atoms with van der Waals surface area (Å²) in [6.07, 6.45) is 0. The molecule has 0 fully saturated rings. The largest absolute Gasteiger partial charge is 0.492 e. The third kappa shape index (κ3) is 3.83. The SMILES string of the molecule is Cc1ccc(OCCNC(=O)c2sccc2C)cc1. The molecule has 1 aromatic carbocycles. The molecule has 0 atom stereocenters. The molecule has 0 spiro atoms. The highest BCUT2D eigenvalue weighted by Gasteiger charge is 2.09. The number of ether oxygens (including phenoxy) is 1. The zero-order chi connectivity index (χ0) is 13.7. The summed E-state index contributed by atoms with van der Waals surface area (Å²) < 4.78 is 5.55. The Bertz CT molecular complexity index is 546. The highest BCUT2D eigenvalue weighted by Crippen LogP contribution is 2.15. The molecule has 4 heteroatoms. The van der Waals surface area contributed by atoms with Gasteiger partial charge in [0, 0.05) is 0 Å². The van der Waals surface area contributed by atoms with Crippen LogP contribution >= 0.6 is 11.3 Å². The lowest BCUT2D eigenvalue weighted by Crippen LogP contribution is -2.27. The van der Waals surface area contributed by atoms with Gasteiger partial charge < -0.3 is 10.1 Å². The molecule has 0 unspecified atom stereocenters. The minimum absolute atomic E-state index is 0.0278. The van der Waals surface area contributed by atoms with E-state index < -0.39 is 0 Å². The van der Waals surface area contributed by atoms with Crippen molar-refractivity contribution in [2.75, 3.05) is 13.2 Å². The maximum absolute atomic E-state index is 11.8. The Morgan fingerprint density at radius 1 is 1.21 bits per heavy atom. The van der Waals surface area contributed by atoms with Crippen molar-refractivity contribution in [1.82, 2.24) is 5.32 Å². The highest BCUT2D eigenvalue weighted by molar-refractivity contribution is 7.12. The summed E-state index contributed by atoms with van der Waals surface area (Å²) in [5, 5.41) is 4.78. The van der Waals surface area contributed by atoms with Crippen molar-refractivity contribution in [3.05, 3.63) is 51.7 Å². The summed E-state index contributed by atoms with van der Waals surface area (Å²) in [7, 11) is 0. The van der Waals surface area contributed by atoms with E-state index >= 15 is 0 Å². The first-order chi connectivity index (χ1) is 9.16. The minimum atomic E-state index is -0.0278. The van der Waals surface area contributed by atoms with E-state index in [-0.39, 0.29) is 5.91 Å². The van der Waals surface area contributed by atoms with Crippen LogP contribution in [-0.2, 0) is 0 Å². The molecule has 0 aliphatic heterocycles. The van der Waals surface area contributed by atoms with Gasteiger partial charge in [-0.15, -0.1) is 11.3 Å². The first kappa shape index (κ1) is 13.6. The second-order valence-electron chi connectivity index (χ2n) is 4.35. The zero-order valence-corrected chi connectivity index (χ0v) is 11.9. The Kier molecular flexibility index (Phi) is 4.58. The maximum atomic E-state index is 11.8. The van der Waals surface area contributed by atoms with E-state index in [4.69, 9.17) is 4.74 Å². The van der Waals surface area contributed by atoms with E-state index in [9.17, 15) is 4.79 Å². The number of benzene rings is 1. The number of nitrogens with one attached hydrogen (secondary N) is 1. The maximum Gasteiger partial charge on any atom is 0.261 e. The van der Waals surface area contributed by atoms with Gasteiger partial charge in [0.05, 0.1) is 11.4 Å². The van der Waals surface area contributed by atoms with Crippen molar-refractivity contribution in [3.8, 4) is 5.75 Å². The summed E-state index contributed by atoms with van der Waals surface area (Å²) in [4.78, 5) is 12.6. The van der Waals surface area contributed by atoms with Crippen molar-refractivity contribution >= 4 is 17.2 Å². The molecule has 3 nitrogen and oxygen atoms in total. The fourth-order valence-corrected chi connectivity index (χ4v) is 2.49. The number of carbonyl (C=O) groups is 1. The number of hydrogen-bond donors (Lipinski definition) is 1. The molecule has 100 valence electrons. The standard InChI is InChI=1S/C15H17NO2S/c1-11-3-5-13(6-4-11)18-9-8-16-15(17)14-12(2)7-10-19-14/h3-7,10H,8-9H2,1-2H3,(H,16,17). The molecule has 1 amide bonds. The molecule has 2 aromatic rings. The van der Waals surface area contributed by atoms with E-state index in [2.05, 4.69) is 5.32 Å². The van der Waals surface area contributed by atoms with Gasteiger partial charge >= 0.3 is 0 Å². The summed E-state index contributed by atoms with van der Waals surface area (Å²) >= 11 is 1.46. The summed E-state index contributed by atoms with van der Waals surface area (Å²) in [5.41, 5.74) is 2.22. The monoisotopic (exact) mass is 275 g/mol. The van der Waals surface area contributed by atoms with E-state index in [0.29, 0.717) is 13.2 Å². The third-order valence-electron chi connectivity index (χ3n) is 2.75. The fraction of sp³-hybridized carbons (Fsp3) is 0.267. The van der Waals surface area contributed by atoms with Crippen molar-refractivity contribution in [1.29, 1.82) is 0 Å². The number of hydrogen-bond acceptors (Lipinski definition) is 3. The Morgan fingerprint density at radius 2 is 1.95 bits per heavy atom. The second-order valence-corrected chi connectivity index (χ2v) is 5.27. The van der Waals surface area contributed by atoms with Gasteiger partial charge in [-0.3, -0.25) is 4.79 Å². The van der Waals surface area contributed by atoms with Gasteiger partial charge in [0.1, 0.15) is 12.4 Å². The van der Waals surface area contributed by atoms with Gasteiger partial charge in [-0.2, -0.15) is 0 Å². The van der Waals surface area contributed by atoms with Gasteiger partial charge in [-0.1, -0.05) is 17.7 Å². The van der Waals surface area contributed by atoms with Gasteiger partial charge in [0.2, 0.25) is 0 Å². The van der Waals surface area contributed by atoms with E-state index in [1.807, 2.05) is 49.6 Å². The predicted molar refractivity (Wildman–Crippen MR) is 78.1 cm³/mol. The Hall–Kier alpha value is -1.81. The number of rotatable bonds is 5. The summed E-state index contributed by atoms with van der Waals surface area (Å²) in [6, 6.07) is 9.81. The Balaban J connectivity index is 1.74. The molecule has 1 N–H and O–H groups in total. The highest BCUT2D eigenvalue weighted by atomic mass is 32.1. The Labute approximate surface area is 117 Å². The molecular formula is C15H17NO2S. The quantitative estimate of drug-likeness (QED) is 0.851. The topological polar surface area (TPSA) is 38.3 Å². The number of carbonyl (C=O) groups excluding carboxylic acids is 1. The lowest BCUT2D eigenvalue weighted by Gasteiger charge is -2.07. The lowest BCUT2D eigenvalue weighted by atomic mass is 10.2. The van der Waals surface area contributed by atoms with Crippen molar-refractivity contribution in [2.24, 2.45) is 0 Å². The van der Waals surface area contributed by atoms with Crippen molar-refractivity contribution in [2.45, 2.75) is 13.8 Å². The van der Waals surface area contributed by atoms with Crippen LogP contribution in [0.2, 0.25) is 0 Å². The van der Waals surface area contributed by atoms with Crippen LogP contribution in [0, 0.1) is 13.8 Å². The smallest absolute Gasteiger partial charge is 0.261 e. The van der Waals surface area contributed by atoms with Gasteiger partial charge in [0.15, 0.2) is 0 Å². The van der Waals surface area contributed by atoms with Gasteiger partial charge in [-0.25, -0.2) is 0 Å². The number of aryl methyl sites for hydroxylation is 2. The van der Waals surface area contributed by atoms with Crippen LogP contribution in [0.15, 0.2) is 35.7 Å². The molecular weight excluding hydrogens is 258 g/mol. The van der Waals surface area contributed by atoms with Crippen molar-refractivity contribution < 1.29 is 9.53 Å². The molecule has 0 saturated heterocycles. The van der Waals surface area contributed by atoms with E-state index in [1.54, 1.807) is 0 Å². The number of thiophene rings is 1. The molecule has 1 heterocycles. The second kappa shape index (κ2) is 6.38. The molecule has 0 aliphatic rings. The van der Waals surface area contributed by atoms with E-state index in [0.717, 1.165) is 16.2 Å². The van der Waals surface area contributed by atoms with Crippen LogP contribution in [0.1, 0.15) is 20.8 Å². The molecule has 0 aliphatic carbocycles. The summed E-state index contributed by atoms with van der Waals surface area (Å²) in [5.74, 6) is 0.798. The molecule has 19 heavy (non-hydrogen) atoms. The average molecular weight is 275 g/mol. The third-order valence-corrected chi connectivity index (χ3v) is 3.76. The van der Waals surface area contributed by atoms with Crippen LogP contribution in [0.4, 0.5) is 0 Å². The normalized spacial score (nSPS) is 10.2. The first-order valence-corrected chi connectivity index (χ1v) is 7.06. The van der Waals surface area contributed by atoms with Crippen LogP contribution in [0.5, 0.6) is 5.75 Å². The minimum Gasteiger partial charge on any atom is -0.492 e. The molecule has 0 radical (unpaired) electrons. The summed E-state index contributed by atoms with van der Waals surface area (Å²) in [6.45, 7) is 4.95. The van der Waals surface area contributed by atoms with Crippen LogP contribution in [-0.4, -0.2) is 19.1 Å². The lowest BCUT2D eigenvalue weighted by molar-refractivity contribution is 0.0950. The molecule has 0 bridgehead atoms.